The molecule has 1 N–H and O–H groups in total. The summed E-state index contributed by atoms with van der Waals surface area (Å²) < 4.78 is 38.2. The summed E-state index contributed by atoms with van der Waals surface area (Å²) in [6, 6.07) is 11.0. The molecular weight excluding hydrogens is 451 g/mol. The number of benzene rings is 2. The van der Waals surface area contributed by atoms with Crippen LogP contribution >= 0.6 is 23.2 Å². The number of hydrogen-bond donors (Lipinski definition) is 1. The van der Waals surface area contributed by atoms with Crippen molar-refractivity contribution in [3.05, 3.63) is 52.5 Å². The fraction of sp³-hybridized carbons (Fsp3) is 0.350. The maximum Gasteiger partial charge on any atom is 0.267 e. The molecule has 1 fully saturated rings. The van der Waals surface area contributed by atoms with Crippen LogP contribution in [-0.4, -0.2) is 50.5 Å². The molecule has 1 aliphatic heterocycles. The second-order valence-corrected chi connectivity index (χ2v) is 9.93. The van der Waals surface area contributed by atoms with Gasteiger partial charge in [0.15, 0.2) is 5.60 Å². The standard InChI is InChI=1S/C20H22Cl2N2O5S/c1-20(2,29-16-6-3-14(21)4-7-16)19(25)23-15-5-8-17(22)18(13-15)30(26,27)24-9-11-28-12-10-24/h3-8,13H,9-12H2,1-2H3,(H,23,25). The van der Waals surface area contributed by atoms with Crippen molar-refractivity contribution in [1.29, 1.82) is 0 Å². The molecule has 3 rings (SSSR count). The van der Waals surface area contributed by atoms with Gasteiger partial charge in [-0.1, -0.05) is 23.2 Å². The van der Waals surface area contributed by atoms with Gasteiger partial charge in [0.25, 0.3) is 5.91 Å². The molecule has 0 aliphatic carbocycles. The summed E-state index contributed by atoms with van der Waals surface area (Å²) in [5.41, 5.74) is -0.930. The van der Waals surface area contributed by atoms with Crippen LogP contribution in [0.4, 0.5) is 5.69 Å². The zero-order chi connectivity index (χ0) is 21.9. The van der Waals surface area contributed by atoms with E-state index in [-0.39, 0.29) is 23.0 Å². The number of nitrogens with one attached hydrogen (secondary N) is 1. The summed E-state index contributed by atoms with van der Waals surface area (Å²) in [5.74, 6) is 0.0285. The molecule has 1 amide bonds. The summed E-state index contributed by atoms with van der Waals surface area (Å²) in [4.78, 5) is 12.7. The van der Waals surface area contributed by atoms with Gasteiger partial charge in [-0.2, -0.15) is 4.31 Å². The van der Waals surface area contributed by atoms with Crippen molar-refractivity contribution in [3.8, 4) is 5.75 Å². The topological polar surface area (TPSA) is 84.9 Å². The van der Waals surface area contributed by atoms with Crippen molar-refractivity contribution in [2.24, 2.45) is 0 Å². The van der Waals surface area contributed by atoms with E-state index in [1.165, 1.54) is 22.5 Å². The quantitative estimate of drug-likeness (QED) is 0.690. The van der Waals surface area contributed by atoms with Crippen LogP contribution in [0.2, 0.25) is 10.0 Å². The number of amides is 1. The third kappa shape index (κ3) is 5.25. The van der Waals surface area contributed by atoms with Gasteiger partial charge >= 0.3 is 0 Å². The highest BCUT2D eigenvalue weighted by atomic mass is 35.5. The van der Waals surface area contributed by atoms with Crippen LogP contribution < -0.4 is 10.1 Å². The van der Waals surface area contributed by atoms with Crippen LogP contribution in [0.15, 0.2) is 47.4 Å². The van der Waals surface area contributed by atoms with Crippen LogP contribution in [0, 0.1) is 0 Å². The monoisotopic (exact) mass is 472 g/mol. The van der Waals surface area contributed by atoms with Crippen molar-refractivity contribution in [3.63, 3.8) is 0 Å². The van der Waals surface area contributed by atoms with Crippen LogP contribution in [0.3, 0.4) is 0 Å². The third-order valence-corrected chi connectivity index (χ3v) is 7.14. The predicted octanol–water partition coefficient (Wildman–Crippen LogP) is 3.81. The number of halogens is 2. The van der Waals surface area contributed by atoms with Crippen molar-refractivity contribution < 1.29 is 22.7 Å². The van der Waals surface area contributed by atoms with Gasteiger partial charge in [0.1, 0.15) is 10.6 Å². The Morgan fingerprint density at radius 2 is 1.73 bits per heavy atom. The first-order valence-corrected chi connectivity index (χ1v) is 11.4. The molecule has 0 aromatic heterocycles. The molecule has 1 heterocycles. The van der Waals surface area contributed by atoms with E-state index in [1.54, 1.807) is 38.1 Å². The van der Waals surface area contributed by atoms with E-state index in [0.29, 0.717) is 29.7 Å². The highest BCUT2D eigenvalue weighted by Crippen LogP contribution is 2.29. The van der Waals surface area contributed by atoms with Crippen LogP contribution in [-0.2, 0) is 19.6 Å². The Labute approximate surface area is 185 Å². The maximum atomic E-state index is 12.9. The first-order valence-electron chi connectivity index (χ1n) is 9.23. The molecule has 0 spiro atoms. The third-order valence-electron chi connectivity index (χ3n) is 4.51. The van der Waals surface area contributed by atoms with Gasteiger partial charge in [-0.25, -0.2) is 8.42 Å². The minimum Gasteiger partial charge on any atom is -0.478 e. The number of ether oxygens (including phenoxy) is 2. The summed E-state index contributed by atoms with van der Waals surface area (Å²) in [7, 11) is -3.81. The molecule has 0 radical (unpaired) electrons. The second kappa shape index (κ2) is 9.11. The fourth-order valence-electron chi connectivity index (χ4n) is 2.83. The first-order chi connectivity index (χ1) is 14.1. The molecule has 7 nitrogen and oxygen atoms in total. The van der Waals surface area contributed by atoms with E-state index in [2.05, 4.69) is 5.32 Å². The van der Waals surface area contributed by atoms with Gasteiger partial charge in [-0.3, -0.25) is 4.79 Å². The molecule has 1 saturated heterocycles. The number of rotatable bonds is 6. The average Bonchev–Trinajstić information content (AvgIpc) is 2.71. The normalized spacial score (nSPS) is 15.6. The Bertz CT molecular complexity index is 1020. The second-order valence-electron chi connectivity index (χ2n) is 7.18. The van der Waals surface area contributed by atoms with Gasteiger partial charge in [0.05, 0.1) is 18.2 Å². The summed E-state index contributed by atoms with van der Waals surface area (Å²) in [5, 5.41) is 3.34. The molecule has 162 valence electrons. The molecular formula is C20H22Cl2N2O5S. The molecule has 0 atom stereocenters. The van der Waals surface area contributed by atoms with Crippen molar-refractivity contribution in [2.75, 3.05) is 31.6 Å². The Morgan fingerprint density at radius 3 is 2.37 bits per heavy atom. The van der Waals surface area contributed by atoms with Crippen molar-refractivity contribution >= 4 is 44.8 Å². The Kier molecular flexibility index (Phi) is 6.94. The Balaban J connectivity index is 1.78. The lowest BCUT2D eigenvalue weighted by Gasteiger charge is -2.27. The van der Waals surface area contributed by atoms with Crippen LogP contribution in [0.5, 0.6) is 5.75 Å². The van der Waals surface area contributed by atoms with E-state index in [4.69, 9.17) is 32.7 Å². The Hall–Kier alpha value is -1.84. The van der Waals surface area contributed by atoms with E-state index < -0.39 is 21.5 Å². The lowest BCUT2D eigenvalue weighted by atomic mass is 10.1. The van der Waals surface area contributed by atoms with E-state index in [1.807, 2.05) is 0 Å². The fourth-order valence-corrected chi connectivity index (χ4v) is 4.86. The van der Waals surface area contributed by atoms with Crippen molar-refractivity contribution in [1.82, 2.24) is 4.31 Å². The van der Waals surface area contributed by atoms with E-state index in [9.17, 15) is 13.2 Å². The highest BCUT2D eigenvalue weighted by Gasteiger charge is 2.32. The summed E-state index contributed by atoms with van der Waals surface area (Å²) >= 11 is 12.0. The number of nitrogens with zero attached hydrogens (tertiary/aromatic N) is 1. The molecule has 0 unspecified atom stereocenters. The number of anilines is 1. The van der Waals surface area contributed by atoms with Crippen LogP contribution in [0.25, 0.3) is 0 Å². The zero-order valence-electron chi connectivity index (χ0n) is 16.5. The summed E-state index contributed by atoms with van der Waals surface area (Å²) in [6.45, 7) is 4.36. The molecule has 0 saturated carbocycles. The van der Waals surface area contributed by atoms with E-state index in [0.717, 1.165) is 0 Å². The largest absolute Gasteiger partial charge is 0.478 e. The number of hydrogen-bond acceptors (Lipinski definition) is 5. The van der Waals surface area contributed by atoms with Crippen molar-refractivity contribution in [2.45, 2.75) is 24.3 Å². The minimum absolute atomic E-state index is 0.0692. The van der Waals surface area contributed by atoms with Gasteiger partial charge in [0, 0.05) is 23.8 Å². The molecule has 10 heteroatoms. The highest BCUT2D eigenvalue weighted by molar-refractivity contribution is 7.89. The number of sulfonamides is 1. The maximum absolute atomic E-state index is 12.9. The molecule has 2 aromatic carbocycles. The van der Waals surface area contributed by atoms with E-state index >= 15 is 0 Å². The van der Waals surface area contributed by atoms with Gasteiger partial charge in [0.2, 0.25) is 10.0 Å². The lowest BCUT2D eigenvalue weighted by Crippen LogP contribution is -2.42. The molecule has 30 heavy (non-hydrogen) atoms. The zero-order valence-corrected chi connectivity index (χ0v) is 18.9. The van der Waals surface area contributed by atoms with Gasteiger partial charge in [-0.05, 0) is 56.3 Å². The number of carbonyl (C=O) groups excluding carboxylic acids is 1. The molecule has 1 aliphatic rings. The summed E-state index contributed by atoms with van der Waals surface area (Å²) in [6.07, 6.45) is 0. The number of morpholine rings is 1. The van der Waals surface area contributed by atoms with Crippen LogP contribution in [0.1, 0.15) is 13.8 Å². The van der Waals surface area contributed by atoms with Gasteiger partial charge in [-0.15, -0.1) is 0 Å². The molecule has 2 aromatic rings. The minimum atomic E-state index is -3.81. The number of carbonyl (C=O) groups is 1. The predicted molar refractivity (Wildman–Crippen MR) is 116 cm³/mol. The SMILES string of the molecule is CC(C)(Oc1ccc(Cl)cc1)C(=O)Nc1ccc(Cl)c(S(=O)(=O)N2CCOCC2)c1. The van der Waals surface area contributed by atoms with Gasteiger partial charge < -0.3 is 14.8 Å². The smallest absolute Gasteiger partial charge is 0.267 e. The first kappa shape index (κ1) is 22.8. The molecule has 0 bridgehead atoms. The lowest BCUT2D eigenvalue weighted by molar-refractivity contribution is -0.128. The Morgan fingerprint density at radius 1 is 1.10 bits per heavy atom. The average molecular weight is 473 g/mol.